The van der Waals surface area contributed by atoms with Crippen molar-refractivity contribution in [1.82, 2.24) is 10.2 Å². The number of aromatic nitrogens is 2. The van der Waals surface area contributed by atoms with Gasteiger partial charge in [0.2, 0.25) is 5.91 Å². The van der Waals surface area contributed by atoms with Crippen molar-refractivity contribution in [3.8, 4) is 11.3 Å². The number of hydrogen-bond acceptors (Lipinski definition) is 4. The van der Waals surface area contributed by atoms with Crippen LogP contribution in [0, 0.1) is 13.8 Å². The largest absolute Gasteiger partial charge is 0.325 e. The van der Waals surface area contributed by atoms with Gasteiger partial charge in [0, 0.05) is 21.3 Å². The Morgan fingerprint density at radius 1 is 1.00 bits per heavy atom. The van der Waals surface area contributed by atoms with Crippen molar-refractivity contribution in [3.63, 3.8) is 0 Å². The summed E-state index contributed by atoms with van der Waals surface area (Å²) in [6, 6.07) is 14.9. The lowest BCUT2D eigenvalue weighted by Crippen LogP contribution is -2.14. The third-order valence-corrected chi connectivity index (χ3v) is 5.16. The van der Waals surface area contributed by atoms with E-state index in [0.717, 1.165) is 16.8 Å². The van der Waals surface area contributed by atoms with Gasteiger partial charge in [0.25, 0.3) is 0 Å². The van der Waals surface area contributed by atoms with Crippen molar-refractivity contribution >= 4 is 46.6 Å². The molecule has 4 nitrogen and oxygen atoms in total. The smallest absolute Gasteiger partial charge is 0.234 e. The number of nitrogens with one attached hydrogen (secondary N) is 1. The highest BCUT2D eigenvalue weighted by atomic mass is 35.5. The predicted octanol–water partition coefficient (Wildman–Crippen LogP) is 5.80. The number of halogens is 2. The molecule has 1 heterocycles. The van der Waals surface area contributed by atoms with Crippen LogP contribution in [0.5, 0.6) is 0 Å². The second-order valence-corrected chi connectivity index (χ2v) is 7.94. The maximum atomic E-state index is 12.1. The molecular weight excluding hydrogens is 401 g/mol. The van der Waals surface area contributed by atoms with Gasteiger partial charge in [-0.05, 0) is 55.8 Å². The Hall–Kier alpha value is -2.08. The summed E-state index contributed by atoms with van der Waals surface area (Å²) < 4.78 is 0. The molecule has 0 spiro atoms. The van der Waals surface area contributed by atoms with Crippen molar-refractivity contribution in [1.29, 1.82) is 0 Å². The van der Waals surface area contributed by atoms with E-state index in [4.69, 9.17) is 23.2 Å². The van der Waals surface area contributed by atoms with E-state index >= 15 is 0 Å². The highest BCUT2D eigenvalue weighted by molar-refractivity contribution is 7.99. The van der Waals surface area contributed by atoms with Crippen molar-refractivity contribution in [2.75, 3.05) is 11.1 Å². The molecule has 1 amide bonds. The minimum absolute atomic E-state index is 0.168. The fourth-order valence-corrected chi connectivity index (χ4v) is 3.66. The molecule has 3 rings (SSSR count). The summed E-state index contributed by atoms with van der Waals surface area (Å²) in [7, 11) is 0. The zero-order valence-electron chi connectivity index (χ0n) is 14.8. The number of carbonyl (C=O) groups excluding carboxylic acids is 1. The number of thioether (sulfide) groups is 1. The Balaban J connectivity index is 1.61. The molecule has 0 saturated carbocycles. The zero-order chi connectivity index (χ0) is 19.4. The molecule has 2 aromatic carbocycles. The van der Waals surface area contributed by atoms with Crippen molar-refractivity contribution in [2.24, 2.45) is 0 Å². The minimum atomic E-state index is -0.168. The number of rotatable bonds is 5. The highest BCUT2D eigenvalue weighted by Crippen LogP contribution is 2.25. The molecule has 0 aliphatic rings. The van der Waals surface area contributed by atoms with Gasteiger partial charge in [-0.2, -0.15) is 0 Å². The summed E-state index contributed by atoms with van der Waals surface area (Å²) in [6.07, 6.45) is 0. The summed E-state index contributed by atoms with van der Waals surface area (Å²) in [6.45, 7) is 4.10. The van der Waals surface area contributed by atoms with E-state index in [1.165, 1.54) is 17.3 Å². The molecule has 0 aliphatic heterocycles. The molecule has 138 valence electrons. The number of nitrogens with zero attached hydrogens (tertiary/aromatic N) is 2. The van der Waals surface area contributed by atoms with Gasteiger partial charge in [-0.25, -0.2) is 0 Å². The maximum absolute atomic E-state index is 12.1. The number of anilines is 1. The van der Waals surface area contributed by atoms with E-state index in [9.17, 15) is 4.79 Å². The van der Waals surface area contributed by atoms with Crippen molar-refractivity contribution in [2.45, 2.75) is 18.9 Å². The van der Waals surface area contributed by atoms with Crippen LogP contribution in [-0.2, 0) is 4.79 Å². The Labute approximate surface area is 172 Å². The number of carbonyl (C=O) groups is 1. The van der Waals surface area contributed by atoms with Crippen LogP contribution in [-0.4, -0.2) is 21.9 Å². The zero-order valence-corrected chi connectivity index (χ0v) is 17.1. The van der Waals surface area contributed by atoms with E-state index in [1.807, 2.05) is 26.0 Å². The number of amides is 1. The first kappa shape index (κ1) is 19.7. The van der Waals surface area contributed by atoms with Gasteiger partial charge in [-0.15, -0.1) is 10.2 Å². The monoisotopic (exact) mass is 417 g/mol. The van der Waals surface area contributed by atoms with E-state index in [2.05, 4.69) is 33.7 Å². The predicted molar refractivity (Wildman–Crippen MR) is 113 cm³/mol. The second-order valence-electron chi connectivity index (χ2n) is 6.07. The minimum Gasteiger partial charge on any atom is -0.325 e. The fraction of sp³-hybridized carbons (Fsp3) is 0.150. The molecule has 0 unspecified atom stereocenters. The summed E-state index contributed by atoms with van der Waals surface area (Å²) in [5.41, 5.74) is 4.77. The summed E-state index contributed by atoms with van der Waals surface area (Å²) in [5.74, 6) is 0.0421. The number of hydrogen-bond donors (Lipinski definition) is 1. The molecule has 0 saturated heterocycles. The topological polar surface area (TPSA) is 54.9 Å². The molecule has 1 N–H and O–H groups in total. The first-order valence-electron chi connectivity index (χ1n) is 8.21. The highest BCUT2D eigenvalue weighted by Gasteiger charge is 2.08. The van der Waals surface area contributed by atoms with E-state index in [-0.39, 0.29) is 11.7 Å². The van der Waals surface area contributed by atoms with Crippen LogP contribution in [0.3, 0.4) is 0 Å². The van der Waals surface area contributed by atoms with Gasteiger partial charge < -0.3 is 5.32 Å². The normalized spacial score (nSPS) is 10.7. The SMILES string of the molecule is Cc1ccc(C)c(-c2ccc(SCC(=O)Nc3cc(Cl)cc(Cl)c3)nn2)c1. The van der Waals surface area contributed by atoms with Crippen LogP contribution in [0.1, 0.15) is 11.1 Å². The number of aryl methyl sites for hydroxylation is 2. The second kappa shape index (κ2) is 8.74. The van der Waals surface area contributed by atoms with Gasteiger partial charge >= 0.3 is 0 Å². The van der Waals surface area contributed by atoms with Gasteiger partial charge in [0.15, 0.2) is 0 Å². The average molecular weight is 418 g/mol. The van der Waals surface area contributed by atoms with Gasteiger partial charge in [0.1, 0.15) is 5.03 Å². The summed E-state index contributed by atoms with van der Waals surface area (Å²) in [5, 5.41) is 12.9. The van der Waals surface area contributed by atoms with Crippen LogP contribution in [0.2, 0.25) is 10.0 Å². The first-order chi connectivity index (χ1) is 12.9. The van der Waals surface area contributed by atoms with Gasteiger partial charge in [-0.3, -0.25) is 4.79 Å². The Kier molecular flexibility index (Phi) is 6.37. The molecule has 0 radical (unpaired) electrons. The van der Waals surface area contributed by atoms with Crippen LogP contribution in [0.25, 0.3) is 11.3 Å². The van der Waals surface area contributed by atoms with Crippen LogP contribution >= 0.6 is 35.0 Å². The van der Waals surface area contributed by atoms with E-state index < -0.39 is 0 Å². The lowest BCUT2D eigenvalue weighted by Gasteiger charge is -2.07. The summed E-state index contributed by atoms with van der Waals surface area (Å²) in [4.78, 5) is 12.1. The molecule has 1 aromatic heterocycles. The molecule has 0 fully saturated rings. The fourth-order valence-electron chi connectivity index (χ4n) is 2.52. The lowest BCUT2D eigenvalue weighted by molar-refractivity contribution is -0.113. The third kappa shape index (κ3) is 5.45. The Bertz CT molecular complexity index is 957. The lowest BCUT2D eigenvalue weighted by atomic mass is 10.0. The van der Waals surface area contributed by atoms with Crippen LogP contribution in [0.15, 0.2) is 53.6 Å². The standard InChI is InChI=1S/C20H17Cl2N3OS/c1-12-3-4-13(2)17(7-12)18-5-6-20(25-24-18)27-11-19(26)23-16-9-14(21)8-15(22)10-16/h3-10H,11H2,1-2H3,(H,23,26). The molecule has 7 heteroatoms. The summed E-state index contributed by atoms with van der Waals surface area (Å²) >= 11 is 13.2. The van der Waals surface area contributed by atoms with E-state index in [1.54, 1.807) is 18.2 Å². The Morgan fingerprint density at radius 3 is 2.41 bits per heavy atom. The van der Waals surface area contributed by atoms with Crippen molar-refractivity contribution in [3.05, 3.63) is 69.7 Å². The van der Waals surface area contributed by atoms with Crippen LogP contribution in [0.4, 0.5) is 5.69 Å². The maximum Gasteiger partial charge on any atom is 0.234 e. The number of benzene rings is 2. The van der Waals surface area contributed by atoms with Crippen LogP contribution < -0.4 is 5.32 Å². The third-order valence-electron chi connectivity index (χ3n) is 3.81. The van der Waals surface area contributed by atoms with Crippen molar-refractivity contribution < 1.29 is 4.79 Å². The van der Waals surface area contributed by atoms with E-state index in [0.29, 0.717) is 20.8 Å². The average Bonchev–Trinajstić information content (AvgIpc) is 2.62. The molecule has 0 bridgehead atoms. The van der Waals surface area contributed by atoms with Gasteiger partial charge in [0.05, 0.1) is 11.4 Å². The Morgan fingerprint density at radius 2 is 1.74 bits per heavy atom. The quantitative estimate of drug-likeness (QED) is 0.533. The first-order valence-corrected chi connectivity index (χ1v) is 9.95. The molecule has 0 aliphatic carbocycles. The van der Waals surface area contributed by atoms with Gasteiger partial charge in [-0.1, -0.05) is 52.7 Å². The molecular formula is C20H17Cl2N3OS. The molecule has 3 aromatic rings. The molecule has 27 heavy (non-hydrogen) atoms. The molecule has 0 atom stereocenters.